The van der Waals surface area contributed by atoms with Gasteiger partial charge in [-0.05, 0) is 12.1 Å². The summed E-state index contributed by atoms with van der Waals surface area (Å²) in [4.78, 5) is 25.4. The average Bonchev–Trinajstić information content (AvgIpc) is 2.92. The van der Waals surface area contributed by atoms with E-state index in [-0.39, 0.29) is 11.3 Å². The van der Waals surface area contributed by atoms with Crippen molar-refractivity contribution in [3.8, 4) is 0 Å². The molecule has 0 spiro atoms. The smallest absolute Gasteiger partial charge is 0.271 e. The molecule has 0 saturated heterocycles. The highest BCUT2D eigenvalue weighted by molar-refractivity contribution is 5.94. The van der Waals surface area contributed by atoms with Crippen LogP contribution in [0.2, 0.25) is 0 Å². The van der Waals surface area contributed by atoms with Crippen molar-refractivity contribution in [3.63, 3.8) is 0 Å². The van der Waals surface area contributed by atoms with Crippen LogP contribution in [-0.4, -0.2) is 26.7 Å². The van der Waals surface area contributed by atoms with Crippen LogP contribution in [0.25, 0.3) is 0 Å². The van der Waals surface area contributed by atoms with Crippen molar-refractivity contribution >= 4 is 17.9 Å². The third-order valence-corrected chi connectivity index (χ3v) is 2.22. The molecule has 8 heteroatoms. The van der Waals surface area contributed by atoms with Crippen molar-refractivity contribution in [1.29, 1.82) is 0 Å². The van der Waals surface area contributed by atoms with Crippen LogP contribution in [0.3, 0.4) is 0 Å². The fourth-order valence-corrected chi connectivity index (χ4v) is 1.29. The number of nitrogens with zero attached hydrogens (tertiary/aromatic N) is 4. The largest absolute Gasteiger partial charge is 0.295 e. The normalized spacial score (nSPS) is 10.5. The predicted molar refractivity (Wildman–Crippen MR) is 66.7 cm³/mol. The van der Waals surface area contributed by atoms with Gasteiger partial charge in [0.05, 0.1) is 11.3 Å². The zero-order valence-corrected chi connectivity index (χ0v) is 9.63. The summed E-state index contributed by atoms with van der Waals surface area (Å²) in [6.45, 7) is 0. The number of hydrogen-bond acceptors (Lipinski definition) is 5. The molecule has 8 nitrogen and oxygen atoms in total. The van der Waals surface area contributed by atoms with Gasteiger partial charge in [0, 0.05) is 30.1 Å². The second kappa shape index (κ2) is 5.54. The Balaban J connectivity index is 1.98. The van der Waals surface area contributed by atoms with Gasteiger partial charge in [-0.2, -0.15) is 5.10 Å². The van der Waals surface area contributed by atoms with Gasteiger partial charge >= 0.3 is 0 Å². The van der Waals surface area contributed by atoms with Crippen molar-refractivity contribution < 1.29 is 9.72 Å². The number of nitro benzene ring substituents is 1. The number of non-ortho nitro benzene ring substituents is 1. The summed E-state index contributed by atoms with van der Waals surface area (Å²) in [6.07, 6.45) is 6.11. The van der Waals surface area contributed by atoms with E-state index in [2.05, 4.69) is 15.5 Å². The quantitative estimate of drug-likeness (QED) is 0.383. The van der Waals surface area contributed by atoms with Gasteiger partial charge in [0.15, 0.2) is 0 Å². The van der Waals surface area contributed by atoms with E-state index in [0.29, 0.717) is 0 Å². The van der Waals surface area contributed by atoms with Gasteiger partial charge in [0.2, 0.25) is 0 Å². The monoisotopic (exact) mass is 259 g/mol. The maximum atomic E-state index is 11.6. The second-order valence-electron chi connectivity index (χ2n) is 3.50. The number of hydrogen-bond donors (Lipinski definition) is 1. The molecule has 1 heterocycles. The zero-order valence-electron chi connectivity index (χ0n) is 9.63. The minimum Gasteiger partial charge on any atom is -0.295 e. The molecule has 1 aromatic heterocycles. The lowest BCUT2D eigenvalue weighted by Crippen LogP contribution is -2.18. The molecule has 0 saturated carbocycles. The summed E-state index contributed by atoms with van der Waals surface area (Å²) in [6, 6.07) is 5.24. The molecule has 19 heavy (non-hydrogen) atoms. The Kier molecular flexibility index (Phi) is 3.62. The number of imidazole rings is 1. The van der Waals surface area contributed by atoms with E-state index in [4.69, 9.17) is 0 Å². The Morgan fingerprint density at radius 1 is 1.42 bits per heavy atom. The lowest BCUT2D eigenvalue weighted by molar-refractivity contribution is -0.384. The van der Waals surface area contributed by atoms with Gasteiger partial charge in [0.25, 0.3) is 11.6 Å². The number of nitro groups is 1. The number of rotatable bonds is 4. The summed E-state index contributed by atoms with van der Waals surface area (Å²) in [5.74, 6) is -0.453. The highest BCUT2D eigenvalue weighted by Gasteiger charge is 2.08. The van der Waals surface area contributed by atoms with Crippen LogP contribution in [0, 0.1) is 10.1 Å². The lowest BCUT2D eigenvalue weighted by atomic mass is 10.2. The molecule has 2 aromatic rings. The first-order valence-corrected chi connectivity index (χ1v) is 5.22. The summed E-state index contributed by atoms with van der Waals surface area (Å²) in [5.41, 5.74) is 2.51. The van der Waals surface area contributed by atoms with Crippen LogP contribution in [0.15, 0.2) is 48.1 Å². The fourth-order valence-electron chi connectivity index (χ4n) is 1.29. The molecule has 0 unspecified atom stereocenters. The van der Waals surface area contributed by atoms with Crippen molar-refractivity contribution in [2.45, 2.75) is 0 Å². The van der Waals surface area contributed by atoms with Crippen molar-refractivity contribution in [2.75, 3.05) is 0 Å². The fraction of sp³-hybridized carbons (Fsp3) is 0. The zero-order chi connectivity index (χ0) is 13.7. The second-order valence-corrected chi connectivity index (χ2v) is 3.50. The van der Waals surface area contributed by atoms with E-state index in [0.717, 1.165) is 0 Å². The van der Waals surface area contributed by atoms with E-state index in [1.807, 2.05) is 0 Å². The number of carbonyl (C=O) groups excluding carboxylic acids is 1. The molecule has 2 rings (SSSR count). The summed E-state index contributed by atoms with van der Waals surface area (Å²) >= 11 is 0. The van der Waals surface area contributed by atoms with Crippen LogP contribution in [-0.2, 0) is 0 Å². The van der Waals surface area contributed by atoms with E-state index in [9.17, 15) is 14.9 Å². The van der Waals surface area contributed by atoms with Crippen LogP contribution in [0.1, 0.15) is 10.4 Å². The van der Waals surface area contributed by atoms with E-state index < -0.39 is 10.8 Å². The van der Waals surface area contributed by atoms with Crippen LogP contribution in [0.5, 0.6) is 0 Å². The van der Waals surface area contributed by atoms with Crippen LogP contribution < -0.4 is 5.43 Å². The van der Waals surface area contributed by atoms with Crippen molar-refractivity contribution in [1.82, 2.24) is 15.0 Å². The molecule has 96 valence electrons. The number of nitrogens with one attached hydrogen (secondary N) is 1. The average molecular weight is 259 g/mol. The van der Waals surface area contributed by atoms with Crippen molar-refractivity contribution in [2.24, 2.45) is 5.10 Å². The molecule has 0 fully saturated rings. The Morgan fingerprint density at radius 3 is 2.74 bits per heavy atom. The Bertz CT molecular complexity index is 604. The molecule has 0 bridgehead atoms. The number of hydrazone groups is 1. The summed E-state index contributed by atoms with van der Waals surface area (Å²) in [7, 11) is 0. The molecule has 1 amide bonds. The maximum Gasteiger partial charge on any atom is 0.271 e. The highest BCUT2D eigenvalue weighted by atomic mass is 16.6. The van der Waals surface area contributed by atoms with E-state index >= 15 is 0 Å². The third-order valence-electron chi connectivity index (χ3n) is 2.22. The molecule has 0 aliphatic carbocycles. The first-order chi connectivity index (χ1) is 9.16. The number of carbonyl (C=O) groups is 1. The third kappa shape index (κ3) is 3.22. The molecule has 1 N–H and O–H groups in total. The molecule has 1 aromatic carbocycles. The first kappa shape index (κ1) is 12.4. The van der Waals surface area contributed by atoms with Gasteiger partial charge in [-0.1, -0.05) is 0 Å². The predicted octanol–water partition coefficient (Wildman–Crippen LogP) is 1.01. The summed E-state index contributed by atoms with van der Waals surface area (Å²) < 4.78 is 1.55. The number of amides is 1. The Morgan fingerprint density at radius 2 is 2.16 bits per heavy atom. The highest BCUT2D eigenvalue weighted by Crippen LogP contribution is 2.11. The van der Waals surface area contributed by atoms with Crippen LogP contribution >= 0.6 is 0 Å². The van der Waals surface area contributed by atoms with Crippen molar-refractivity contribution in [3.05, 3.63) is 58.7 Å². The molecule has 0 atom stereocenters. The summed E-state index contributed by atoms with van der Waals surface area (Å²) in [5, 5.41) is 14.2. The van der Waals surface area contributed by atoms with Gasteiger partial charge in [-0.25, -0.2) is 10.4 Å². The molecule has 0 aliphatic rings. The maximum absolute atomic E-state index is 11.6. The van der Waals surface area contributed by atoms with E-state index in [1.54, 1.807) is 17.0 Å². The Hall–Kier alpha value is -3.03. The van der Waals surface area contributed by atoms with E-state index in [1.165, 1.54) is 36.9 Å². The van der Waals surface area contributed by atoms with Gasteiger partial charge in [-0.3, -0.25) is 19.5 Å². The topological polar surface area (TPSA) is 102 Å². The minimum atomic E-state index is -0.529. The SMILES string of the molecule is O=C(N/N=C\n1ccnc1)c1ccc([N+](=O)[O-])cc1. The molecular formula is C11H9N5O3. The van der Waals surface area contributed by atoms with Gasteiger partial charge in [-0.15, -0.1) is 0 Å². The molecule has 0 radical (unpaired) electrons. The standard InChI is InChI=1S/C11H9N5O3/c17-11(14-13-8-15-6-5-12-7-15)9-1-3-10(4-2-9)16(18)19/h1-8H,(H,14,17)/b13-8-. The minimum absolute atomic E-state index is 0.0709. The molecular weight excluding hydrogens is 250 g/mol. The number of benzene rings is 1. The Labute approximate surface area is 107 Å². The van der Waals surface area contributed by atoms with Gasteiger partial charge < -0.3 is 0 Å². The first-order valence-electron chi connectivity index (χ1n) is 5.22. The van der Waals surface area contributed by atoms with Gasteiger partial charge in [0.1, 0.15) is 6.34 Å². The number of aromatic nitrogens is 2. The lowest BCUT2D eigenvalue weighted by Gasteiger charge is -1.99. The molecule has 0 aliphatic heterocycles. The van der Waals surface area contributed by atoms with Crippen LogP contribution in [0.4, 0.5) is 5.69 Å².